The van der Waals surface area contributed by atoms with E-state index in [0.717, 1.165) is 19.3 Å². The minimum absolute atomic E-state index is 0.0983. The van der Waals surface area contributed by atoms with E-state index in [4.69, 9.17) is 14.2 Å². The van der Waals surface area contributed by atoms with Crippen LogP contribution in [-0.4, -0.2) is 32.0 Å². The van der Waals surface area contributed by atoms with Gasteiger partial charge in [0.15, 0.2) is 0 Å². The third kappa shape index (κ3) is 5.17. The molecule has 3 rings (SSSR count). The zero-order chi connectivity index (χ0) is 16.6. The fourth-order valence-electron chi connectivity index (χ4n) is 3.26. The van der Waals surface area contributed by atoms with Crippen molar-refractivity contribution in [2.24, 2.45) is 0 Å². The maximum absolute atomic E-state index is 6.26. The highest BCUT2D eigenvalue weighted by molar-refractivity contribution is 5.16. The van der Waals surface area contributed by atoms with Gasteiger partial charge < -0.3 is 14.2 Å². The lowest BCUT2D eigenvalue weighted by molar-refractivity contribution is -0.129. The molecule has 3 nitrogen and oxygen atoms in total. The summed E-state index contributed by atoms with van der Waals surface area (Å²) in [5.41, 5.74) is 2.50. The lowest BCUT2D eigenvalue weighted by Crippen LogP contribution is -2.39. The van der Waals surface area contributed by atoms with E-state index in [1.165, 1.54) is 11.1 Å². The lowest BCUT2D eigenvalue weighted by Gasteiger charge is -2.35. The van der Waals surface area contributed by atoms with Crippen LogP contribution < -0.4 is 0 Å². The van der Waals surface area contributed by atoms with Crippen molar-refractivity contribution in [1.29, 1.82) is 0 Å². The van der Waals surface area contributed by atoms with Crippen molar-refractivity contribution < 1.29 is 14.2 Å². The second-order valence-corrected chi connectivity index (χ2v) is 6.40. The van der Waals surface area contributed by atoms with Crippen LogP contribution in [0.1, 0.15) is 24.0 Å². The minimum atomic E-state index is 0.0983. The van der Waals surface area contributed by atoms with Gasteiger partial charge in [0.1, 0.15) is 0 Å². The molecule has 0 saturated carbocycles. The molecule has 1 fully saturated rings. The second kappa shape index (κ2) is 8.97. The number of hydrogen-bond acceptors (Lipinski definition) is 3. The smallest absolute Gasteiger partial charge is 0.0837 e. The van der Waals surface area contributed by atoms with E-state index in [0.29, 0.717) is 13.2 Å². The molecule has 3 atom stereocenters. The van der Waals surface area contributed by atoms with Gasteiger partial charge in [-0.1, -0.05) is 60.7 Å². The Morgan fingerprint density at radius 3 is 2.17 bits per heavy atom. The Bertz CT molecular complexity index is 585. The highest BCUT2D eigenvalue weighted by atomic mass is 16.5. The van der Waals surface area contributed by atoms with Gasteiger partial charge in [0.2, 0.25) is 0 Å². The van der Waals surface area contributed by atoms with Crippen molar-refractivity contribution in [2.45, 2.75) is 44.2 Å². The van der Waals surface area contributed by atoms with E-state index >= 15 is 0 Å². The van der Waals surface area contributed by atoms with Crippen LogP contribution in [0, 0.1) is 0 Å². The first kappa shape index (κ1) is 17.2. The van der Waals surface area contributed by atoms with Crippen molar-refractivity contribution in [2.75, 3.05) is 13.7 Å². The van der Waals surface area contributed by atoms with Gasteiger partial charge in [0, 0.05) is 20.0 Å². The van der Waals surface area contributed by atoms with Crippen LogP contribution >= 0.6 is 0 Å². The van der Waals surface area contributed by atoms with Crippen molar-refractivity contribution >= 4 is 0 Å². The Kier molecular flexibility index (Phi) is 6.41. The number of ether oxygens (including phenoxy) is 3. The van der Waals surface area contributed by atoms with E-state index in [2.05, 4.69) is 36.4 Å². The standard InChI is InChI=1S/C21H26O3/c1-22-19-13-20(12-17-8-4-2-5-9-17)24-21(14-19)16-23-15-18-10-6-3-7-11-18/h2-11,19-21H,12-16H2,1H3/t19-,20-,21-/m1/s1. The first-order valence-corrected chi connectivity index (χ1v) is 8.67. The molecular formula is C21H26O3. The molecule has 3 heteroatoms. The fourth-order valence-corrected chi connectivity index (χ4v) is 3.26. The molecule has 128 valence electrons. The largest absolute Gasteiger partial charge is 0.381 e. The summed E-state index contributed by atoms with van der Waals surface area (Å²) < 4.78 is 17.7. The van der Waals surface area contributed by atoms with Crippen LogP contribution in [-0.2, 0) is 27.2 Å². The maximum Gasteiger partial charge on any atom is 0.0837 e. The second-order valence-electron chi connectivity index (χ2n) is 6.40. The first-order chi connectivity index (χ1) is 11.8. The van der Waals surface area contributed by atoms with Crippen molar-refractivity contribution in [3.8, 4) is 0 Å². The molecule has 1 aliphatic heterocycles. The molecular weight excluding hydrogens is 300 g/mol. The highest BCUT2D eigenvalue weighted by Gasteiger charge is 2.29. The maximum atomic E-state index is 6.26. The van der Waals surface area contributed by atoms with Crippen molar-refractivity contribution in [3.63, 3.8) is 0 Å². The molecule has 0 aromatic heterocycles. The number of rotatable bonds is 7. The molecule has 0 unspecified atom stereocenters. The summed E-state index contributed by atoms with van der Waals surface area (Å²) in [6, 6.07) is 20.8. The molecule has 2 aromatic rings. The Balaban J connectivity index is 1.51. The quantitative estimate of drug-likeness (QED) is 0.769. The molecule has 0 spiro atoms. The van der Waals surface area contributed by atoms with E-state index in [-0.39, 0.29) is 18.3 Å². The normalized spacial score (nSPS) is 24.0. The molecule has 0 N–H and O–H groups in total. The fraction of sp³-hybridized carbons (Fsp3) is 0.429. The molecule has 2 aromatic carbocycles. The summed E-state index contributed by atoms with van der Waals surface area (Å²) in [4.78, 5) is 0. The minimum Gasteiger partial charge on any atom is -0.381 e. The lowest BCUT2D eigenvalue weighted by atomic mass is 9.96. The topological polar surface area (TPSA) is 27.7 Å². The van der Waals surface area contributed by atoms with Crippen molar-refractivity contribution in [1.82, 2.24) is 0 Å². The van der Waals surface area contributed by atoms with Gasteiger partial charge in [-0.05, 0) is 17.5 Å². The third-order valence-corrected chi connectivity index (χ3v) is 4.49. The van der Waals surface area contributed by atoms with Crippen LogP contribution in [0.4, 0.5) is 0 Å². The summed E-state index contributed by atoms with van der Waals surface area (Å²) in [6.45, 7) is 1.24. The van der Waals surface area contributed by atoms with Gasteiger partial charge in [0.25, 0.3) is 0 Å². The van der Waals surface area contributed by atoms with Crippen LogP contribution in [0.3, 0.4) is 0 Å². The third-order valence-electron chi connectivity index (χ3n) is 4.49. The van der Waals surface area contributed by atoms with E-state index in [1.807, 2.05) is 24.3 Å². The number of hydrogen-bond donors (Lipinski definition) is 0. The van der Waals surface area contributed by atoms with E-state index in [9.17, 15) is 0 Å². The Morgan fingerprint density at radius 2 is 1.50 bits per heavy atom. The predicted octanol–water partition coefficient (Wildman–Crippen LogP) is 4.01. The molecule has 1 heterocycles. The average molecular weight is 326 g/mol. The van der Waals surface area contributed by atoms with Gasteiger partial charge in [-0.15, -0.1) is 0 Å². The van der Waals surface area contributed by atoms with E-state index < -0.39 is 0 Å². The van der Waals surface area contributed by atoms with E-state index in [1.54, 1.807) is 7.11 Å². The van der Waals surface area contributed by atoms with Gasteiger partial charge in [-0.2, -0.15) is 0 Å². The van der Waals surface area contributed by atoms with Crippen LogP contribution in [0.15, 0.2) is 60.7 Å². The molecule has 0 radical (unpaired) electrons. The Morgan fingerprint density at radius 1 is 0.875 bits per heavy atom. The predicted molar refractivity (Wildman–Crippen MR) is 94.9 cm³/mol. The van der Waals surface area contributed by atoms with Crippen molar-refractivity contribution in [3.05, 3.63) is 71.8 Å². The Hall–Kier alpha value is -1.68. The van der Waals surface area contributed by atoms with Gasteiger partial charge in [-0.3, -0.25) is 0 Å². The Labute approximate surface area is 144 Å². The van der Waals surface area contributed by atoms with Crippen LogP contribution in [0.25, 0.3) is 0 Å². The zero-order valence-corrected chi connectivity index (χ0v) is 14.3. The molecule has 0 amide bonds. The average Bonchev–Trinajstić information content (AvgIpc) is 2.63. The summed E-state index contributed by atoms with van der Waals surface area (Å²) in [7, 11) is 1.79. The van der Waals surface area contributed by atoms with Gasteiger partial charge in [0.05, 0.1) is 31.5 Å². The van der Waals surface area contributed by atoms with Crippen LogP contribution in [0.5, 0.6) is 0 Å². The SMILES string of the molecule is CO[C@@H]1C[C@@H](Cc2ccccc2)O[C@@H](COCc2ccccc2)C1. The molecule has 24 heavy (non-hydrogen) atoms. The van der Waals surface area contributed by atoms with Gasteiger partial charge >= 0.3 is 0 Å². The summed E-state index contributed by atoms with van der Waals surface area (Å²) in [5, 5.41) is 0. The monoisotopic (exact) mass is 326 g/mol. The zero-order valence-electron chi connectivity index (χ0n) is 14.3. The first-order valence-electron chi connectivity index (χ1n) is 8.67. The summed E-state index contributed by atoms with van der Waals surface area (Å²) in [5.74, 6) is 0. The van der Waals surface area contributed by atoms with Crippen LogP contribution in [0.2, 0.25) is 0 Å². The summed E-state index contributed by atoms with van der Waals surface area (Å²) >= 11 is 0. The number of benzene rings is 2. The highest BCUT2D eigenvalue weighted by Crippen LogP contribution is 2.24. The summed E-state index contributed by atoms with van der Waals surface area (Å²) in [6.07, 6.45) is 3.31. The molecule has 0 bridgehead atoms. The number of methoxy groups -OCH3 is 1. The molecule has 1 aliphatic rings. The molecule has 1 saturated heterocycles. The van der Waals surface area contributed by atoms with Gasteiger partial charge in [-0.25, -0.2) is 0 Å². The molecule has 0 aliphatic carbocycles.